The van der Waals surface area contributed by atoms with Crippen molar-refractivity contribution < 1.29 is 9.53 Å². The lowest BCUT2D eigenvalue weighted by Crippen LogP contribution is -2.61. The molecule has 0 N–H and O–H groups in total. The van der Waals surface area contributed by atoms with Crippen molar-refractivity contribution >= 4 is 6.03 Å². The van der Waals surface area contributed by atoms with Crippen molar-refractivity contribution in [3.8, 4) is 0 Å². The Kier molecular flexibility index (Phi) is 3.67. The molecule has 1 spiro atoms. The molecule has 3 aliphatic rings. The minimum atomic E-state index is 0.181. The molecule has 3 aliphatic heterocycles. The molecule has 0 aromatic heterocycles. The number of hydrogen-bond acceptors (Lipinski definition) is 3. The predicted molar refractivity (Wildman–Crippen MR) is 73.2 cm³/mol. The molecule has 3 heterocycles. The summed E-state index contributed by atoms with van der Waals surface area (Å²) in [6.07, 6.45) is 4.42. The van der Waals surface area contributed by atoms with Crippen molar-refractivity contribution in [2.75, 3.05) is 53.0 Å². The van der Waals surface area contributed by atoms with Crippen LogP contribution in [-0.4, -0.2) is 79.3 Å². The van der Waals surface area contributed by atoms with E-state index in [1.165, 1.54) is 12.8 Å². The highest BCUT2D eigenvalue weighted by Crippen LogP contribution is 2.31. The van der Waals surface area contributed by atoms with Crippen molar-refractivity contribution in [1.29, 1.82) is 0 Å². The van der Waals surface area contributed by atoms with Gasteiger partial charge >= 0.3 is 6.03 Å². The fourth-order valence-corrected chi connectivity index (χ4v) is 3.56. The van der Waals surface area contributed by atoms with Gasteiger partial charge in [-0.25, -0.2) is 4.79 Å². The number of carbonyl (C=O) groups excluding carboxylic acids is 1. The number of carbonyl (C=O) groups is 1. The van der Waals surface area contributed by atoms with Gasteiger partial charge in [0, 0.05) is 38.3 Å². The summed E-state index contributed by atoms with van der Waals surface area (Å²) in [5.74, 6) is 0. The van der Waals surface area contributed by atoms with Crippen LogP contribution in [0.15, 0.2) is 0 Å². The maximum atomic E-state index is 12.4. The van der Waals surface area contributed by atoms with Gasteiger partial charge in [0.05, 0.1) is 13.2 Å². The van der Waals surface area contributed by atoms with E-state index in [0.29, 0.717) is 0 Å². The molecule has 0 aromatic rings. The van der Waals surface area contributed by atoms with Crippen LogP contribution in [0.4, 0.5) is 4.79 Å². The van der Waals surface area contributed by atoms with Gasteiger partial charge in [0.15, 0.2) is 0 Å². The van der Waals surface area contributed by atoms with E-state index in [0.717, 1.165) is 58.8 Å². The Labute approximate surface area is 115 Å². The Bertz CT molecular complexity index is 334. The van der Waals surface area contributed by atoms with Gasteiger partial charge in [-0.3, -0.25) is 4.90 Å². The largest absolute Gasteiger partial charge is 0.378 e. The van der Waals surface area contributed by atoms with Gasteiger partial charge in [0.2, 0.25) is 0 Å². The maximum absolute atomic E-state index is 12.4. The number of urea groups is 1. The fourth-order valence-electron chi connectivity index (χ4n) is 3.56. The molecule has 0 atom stereocenters. The minimum absolute atomic E-state index is 0.181. The molecule has 5 heteroatoms. The van der Waals surface area contributed by atoms with Gasteiger partial charge < -0.3 is 14.5 Å². The second-order valence-electron chi connectivity index (χ2n) is 6.16. The van der Waals surface area contributed by atoms with E-state index in [2.05, 4.69) is 11.9 Å². The average molecular weight is 267 g/mol. The number of rotatable bonds is 0. The molecule has 3 rings (SSSR count). The second kappa shape index (κ2) is 5.29. The summed E-state index contributed by atoms with van der Waals surface area (Å²) in [6.45, 7) is 6.34. The van der Waals surface area contributed by atoms with Crippen molar-refractivity contribution in [3.63, 3.8) is 0 Å². The Hall–Kier alpha value is -0.810. The number of morpholine rings is 1. The Morgan fingerprint density at radius 2 is 1.63 bits per heavy atom. The van der Waals surface area contributed by atoms with E-state index < -0.39 is 0 Å². The summed E-state index contributed by atoms with van der Waals surface area (Å²) in [6, 6.07) is 0.256. The van der Waals surface area contributed by atoms with Gasteiger partial charge in [-0.1, -0.05) is 0 Å². The van der Waals surface area contributed by atoms with Crippen LogP contribution in [-0.2, 0) is 4.74 Å². The fraction of sp³-hybridized carbons (Fsp3) is 0.929. The number of ether oxygens (including phenoxy) is 1. The van der Waals surface area contributed by atoms with E-state index >= 15 is 0 Å². The first-order valence-electron chi connectivity index (χ1n) is 7.54. The first-order chi connectivity index (χ1) is 9.21. The van der Waals surface area contributed by atoms with Crippen molar-refractivity contribution in [1.82, 2.24) is 14.7 Å². The zero-order valence-electron chi connectivity index (χ0n) is 11.9. The summed E-state index contributed by atoms with van der Waals surface area (Å²) in [4.78, 5) is 18.9. The monoisotopic (exact) mass is 267 g/mol. The average Bonchev–Trinajstić information content (AvgIpc) is 2.96. The van der Waals surface area contributed by atoms with Gasteiger partial charge in [0.25, 0.3) is 0 Å². The van der Waals surface area contributed by atoms with Crippen LogP contribution >= 0.6 is 0 Å². The quantitative estimate of drug-likeness (QED) is 0.657. The third kappa shape index (κ3) is 2.46. The standard InChI is InChI=1S/C14H25N3O2/c1-15-10-11-19-12-14(15)4-8-17(9-5-14)13(18)16-6-2-3-7-16/h2-12H2,1H3. The molecular formula is C14H25N3O2. The number of hydrogen-bond donors (Lipinski definition) is 0. The summed E-state index contributed by atoms with van der Waals surface area (Å²) in [5, 5.41) is 0. The van der Waals surface area contributed by atoms with E-state index in [1.54, 1.807) is 0 Å². The normalized spacial score (nSPS) is 28.1. The Balaban J connectivity index is 1.58. The Morgan fingerprint density at radius 1 is 1.00 bits per heavy atom. The smallest absolute Gasteiger partial charge is 0.319 e. The van der Waals surface area contributed by atoms with Crippen LogP contribution in [0.25, 0.3) is 0 Å². The third-order valence-electron chi connectivity index (χ3n) is 5.09. The molecule has 19 heavy (non-hydrogen) atoms. The topological polar surface area (TPSA) is 36.0 Å². The van der Waals surface area contributed by atoms with Gasteiger partial charge in [-0.2, -0.15) is 0 Å². The van der Waals surface area contributed by atoms with Crippen molar-refractivity contribution in [2.45, 2.75) is 31.2 Å². The molecule has 3 saturated heterocycles. The van der Waals surface area contributed by atoms with Crippen LogP contribution in [0, 0.1) is 0 Å². The van der Waals surface area contributed by atoms with Crippen LogP contribution < -0.4 is 0 Å². The van der Waals surface area contributed by atoms with E-state index in [9.17, 15) is 4.79 Å². The highest BCUT2D eigenvalue weighted by Gasteiger charge is 2.41. The van der Waals surface area contributed by atoms with Crippen molar-refractivity contribution in [2.24, 2.45) is 0 Å². The van der Waals surface area contributed by atoms with Gasteiger partial charge in [0.1, 0.15) is 0 Å². The lowest BCUT2D eigenvalue weighted by Gasteiger charge is -2.49. The Morgan fingerprint density at radius 3 is 2.26 bits per heavy atom. The van der Waals surface area contributed by atoms with Crippen LogP contribution in [0.3, 0.4) is 0 Å². The second-order valence-corrected chi connectivity index (χ2v) is 6.16. The van der Waals surface area contributed by atoms with Crippen molar-refractivity contribution in [3.05, 3.63) is 0 Å². The number of amides is 2. The van der Waals surface area contributed by atoms with Crippen LogP contribution in [0.5, 0.6) is 0 Å². The summed E-state index contributed by atoms with van der Waals surface area (Å²) in [5.41, 5.74) is 0.181. The van der Waals surface area contributed by atoms with Gasteiger partial charge in [-0.15, -0.1) is 0 Å². The van der Waals surface area contributed by atoms with Crippen LogP contribution in [0.2, 0.25) is 0 Å². The number of likely N-dealkylation sites (tertiary alicyclic amines) is 2. The summed E-state index contributed by atoms with van der Waals surface area (Å²) < 4.78 is 5.67. The molecule has 0 aromatic carbocycles. The lowest BCUT2D eigenvalue weighted by atomic mass is 9.86. The molecule has 0 unspecified atom stereocenters. The number of nitrogens with zero attached hydrogens (tertiary/aromatic N) is 3. The molecule has 0 saturated carbocycles. The highest BCUT2D eigenvalue weighted by molar-refractivity contribution is 5.74. The molecule has 0 aliphatic carbocycles. The third-order valence-corrected chi connectivity index (χ3v) is 5.09. The van der Waals surface area contributed by atoms with Gasteiger partial charge in [-0.05, 0) is 32.7 Å². The summed E-state index contributed by atoms with van der Waals surface area (Å²) in [7, 11) is 2.19. The molecular weight excluding hydrogens is 242 g/mol. The first-order valence-corrected chi connectivity index (χ1v) is 7.54. The number of likely N-dealkylation sites (N-methyl/N-ethyl adjacent to an activating group) is 1. The zero-order valence-corrected chi connectivity index (χ0v) is 11.9. The van der Waals surface area contributed by atoms with E-state index in [4.69, 9.17) is 4.74 Å². The van der Waals surface area contributed by atoms with E-state index in [1.807, 2.05) is 9.80 Å². The molecule has 3 fully saturated rings. The predicted octanol–water partition coefficient (Wildman–Crippen LogP) is 0.999. The highest BCUT2D eigenvalue weighted by atomic mass is 16.5. The lowest BCUT2D eigenvalue weighted by molar-refractivity contribution is -0.0795. The molecule has 0 radical (unpaired) electrons. The maximum Gasteiger partial charge on any atom is 0.319 e. The number of piperidine rings is 1. The zero-order chi connectivity index (χ0) is 13.3. The van der Waals surface area contributed by atoms with E-state index in [-0.39, 0.29) is 11.6 Å². The summed E-state index contributed by atoms with van der Waals surface area (Å²) >= 11 is 0. The van der Waals surface area contributed by atoms with Crippen LogP contribution in [0.1, 0.15) is 25.7 Å². The molecule has 108 valence electrons. The molecule has 2 amide bonds. The minimum Gasteiger partial charge on any atom is -0.378 e. The first kappa shape index (κ1) is 13.2. The molecule has 5 nitrogen and oxygen atoms in total. The SMILES string of the molecule is CN1CCOCC12CCN(C(=O)N1CCCC1)CC2. The molecule has 0 bridgehead atoms.